The molecule has 0 amide bonds. The van der Waals surface area contributed by atoms with E-state index < -0.39 is 0 Å². The molecule has 0 bridgehead atoms. The highest BCUT2D eigenvalue weighted by Gasteiger charge is 2.06. The molecule has 1 aromatic heterocycles. The van der Waals surface area contributed by atoms with Crippen LogP contribution in [0.15, 0.2) is 22.8 Å². The van der Waals surface area contributed by atoms with Crippen molar-refractivity contribution in [2.45, 2.75) is 13.5 Å². The van der Waals surface area contributed by atoms with Crippen molar-refractivity contribution < 1.29 is 4.39 Å². The summed E-state index contributed by atoms with van der Waals surface area (Å²) in [4.78, 5) is 4.14. The number of nitrogens with one attached hydrogen (secondary N) is 1. The van der Waals surface area contributed by atoms with Gasteiger partial charge in [0.25, 0.3) is 0 Å². The van der Waals surface area contributed by atoms with E-state index in [1.54, 1.807) is 12.3 Å². The SMILES string of the molecule is Cc1cc(F)c(Br)cc1NCc1ncc(Cl)s1. The summed E-state index contributed by atoms with van der Waals surface area (Å²) in [7, 11) is 0. The number of hydrogen-bond donors (Lipinski definition) is 1. The highest BCUT2D eigenvalue weighted by Crippen LogP contribution is 2.25. The molecule has 0 saturated carbocycles. The topological polar surface area (TPSA) is 24.9 Å². The van der Waals surface area contributed by atoms with Crippen molar-refractivity contribution in [3.8, 4) is 0 Å². The van der Waals surface area contributed by atoms with Gasteiger partial charge < -0.3 is 5.32 Å². The number of aromatic nitrogens is 1. The van der Waals surface area contributed by atoms with Crippen LogP contribution >= 0.6 is 38.9 Å². The summed E-state index contributed by atoms with van der Waals surface area (Å²) in [6.45, 7) is 2.43. The average molecular weight is 336 g/mol. The minimum Gasteiger partial charge on any atom is -0.378 e. The zero-order valence-electron chi connectivity index (χ0n) is 8.93. The highest BCUT2D eigenvalue weighted by atomic mass is 79.9. The van der Waals surface area contributed by atoms with E-state index in [-0.39, 0.29) is 5.82 Å². The van der Waals surface area contributed by atoms with E-state index in [0.29, 0.717) is 15.4 Å². The van der Waals surface area contributed by atoms with Crippen molar-refractivity contribution in [1.29, 1.82) is 0 Å². The van der Waals surface area contributed by atoms with Gasteiger partial charge in [-0.15, -0.1) is 11.3 Å². The van der Waals surface area contributed by atoms with Crippen molar-refractivity contribution in [1.82, 2.24) is 4.98 Å². The molecular weight excluding hydrogens is 327 g/mol. The Bertz CT molecular complexity index is 544. The molecule has 2 nitrogen and oxygen atoms in total. The van der Waals surface area contributed by atoms with Crippen LogP contribution in [0.5, 0.6) is 0 Å². The average Bonchev–Trinajstić information content (AvgIpc) is 2.68. The molecule has 0 radical (unpaired) electrons. The second kappa shape index (κ2) is 5.33. The van der Waals surface area contributed by atoms with E-state index in [0.717, 1.165) is 16.3 Å². The van der Waals surface area contributed by atoms with Crippen molar-refractivity contribution in [2.75, 3.05) is 5.32 Å². The summed E-state index contributed by atoms with van der Waals surface area (Å²) in [5, 5.41) is 4.10. The Balaban J connectivity index is 2.11. The summed E-state index contributed by atoms with van der Waals surface area (Å²) in [6, 6.07) is 3.21. The van der Waals surface area contributed by atoms with Gasteiger partial charge in [-0.3, -0.25) is 0 Å². The molecule has 1 N–H and O–H groups in total. The highest BCUT2D eigenvalue weighted by molar-refractivity contribution is 9.10. The van der Waals surface area contributed by atoms with Crippen molar-refractivity contribution in [2.24, 2.45) is 0 Å². The minimum atomic E-state index is -0.259. The van der Waals surface area contributed by atoms with E-state index in [1.165, 1.54) is 17.4 Å². The van der Waals surface area contributed by atoms with Crippen LogP contribution in [0.2, 0.25) is 4.34 Å². The van der Waals surface area contributed by atoms with Crippen LogP contribution in [0, 0.1) is 12.7 Å². The molecule has 1 heterocycles. The Morgan fingerprint density at radius 3 is 2.94 bits per heavy atom. The maximum atomic E-state index is 13.2. The van der Waals surface area contributed by atoms with Crippen LogP contribution in [0.4, 0.5) is 10.1 Å². The standard InChI is InChI=1S/C11H9BrClFN2S/c1-6-2-8(14)7(12)3-9(6)15-5-11-16-4-10(13)17-11/h2-4,15H,5H2,1H3. The normalized spacial score (nSPS) is 10.6. The summed E-state index contributed by atoms with van der Waals surface area (Å²) in [5.74, 6) is -0.259. The van der Waals surface area contributed by atoms with Crippen LogP contribution in [0.25, 0.3) is 0 Å². The van der Waals surface area contributed by atoms with Gasteiger partial charge >= 0.3 is 0 Å². The quantitative estimate of drug-likeness (QED) is 0.885. The smallest absolute Gasteiger partial charge is 0.137 e. The fourth-order valence-electron chi connectivity index (χ4n) is 1.38. The Labute approximate surface area is 116 Å². The number of anilines is 1. The van der Waals surface area contributed by atoms with Crippen LogP contribution in [0.3, 0.4) is 0 Å². The Hall–Kier alpha value is -0.650. The first-order valence-corrected chi connectivity index (χ1v) is 6.84. The number of rotatable bonds is 3. The predicted octanol–water partition coefficient (Wildman–Crippen LogP) is 4.62. The minimum absolute atomic E-state index is 0.259. The number of thiazole rings is 1. The van der Waals surface area contributed by atoms with Crippen molar-refractivity contribution in [3.63, 3.8) is 0 Å². The van der Waals surface area contributed by atoms with Crippen LogP contribution in [-0.4, -0.2) is 4.98 Å². The fraction of sp³-hybridized carbons (Fsp3) is 0.182. The molecule has 6 heteroatoms. The van der Waals surface area contributed by atoms with Crippen LogP contribution in [-0.2, 0) is 6.54 Å². The molecule has 0 aliphatic rings. The first kappa shape index (κ1) is 12.8. The van der Waals surface area contributed by atoms with Crippen molar-refractivity contribution in [3.05, 3.63) is 43.5 Å². The van der Waals surface area contributed by atoms with Crippen LogP contribution in [0.1, 0.15) is 10.6 Å². The number of benzene rings is 1. The van der Waals surface area contributed by atoms with E-state index >= 15 is 0 Å². The summed E-state index contributed by atoms with van der Waals surface area (Å²) >= 11 is 10.4. The zero-order valence-corrected chi connectivity index (χ0v) is 12.1. The molecule has 0 spiro atoms. The lowest BCUT2D eigenvalue weighted by Crippen LogP contribution is -2.01. The maximum Gasteiger partial charge on any atom is 0.137 e. The molecule has 0 fully saturated rings. The summed E-state index contributed by atoms with van der Waals surface area (Å²) < 4.78 is 14.3. The second-order valence-corrected chi connectivity index (χ2v) is 6.09. The van der Waals surface area contributed by atoms with Gasteiger partial charge in [0, 0.05) is 5.69 Å². The molecule has 17 heavy (non-hydrogen) atoms. The largest absolute Gasteiger partial charge is 0.378 e. The van der Waals surface area contributed by atoms with E-state index in [1.807, 2.05) is 6.92 Å². The van der Waals surface area contributed by atoms with Gasteiger partial charge in [-0.05, 0) is 40.5 Å². The third-order valence-corrected chi connectivity index (χ3v) is 3.95. The number of nitrogens with zero attached hydrogens (tertiary/aromatic N) is 1. The maximum absolute atomic E-state index is 13.2. The lowest BCUT2D eigenvalue weighted by molar-refractivity contribution is 0.620. The van der Waals surface area contributed by atoms with Gasteiger partial charge in [-0.25, -0.2) is 9.37 Å². The van der Waals surface area contributed by atoms with E-state index in [9.17, 15) is 4.39 Å². The van der Waals surface area contributed by atoms with Gasteiger partial charge in [0.1, 0.15) is 15.2 Å². The second-order valence-electron chi connectivity index (χ2n) is 3.49. The van der Waals surface area contributed by atoms with E-state index in [2.05, 4.69) is 26.2 Å². The summed E-state index contributed by atoms with van der Waals surface area (Å²) in [6.07, 6.45) is 1.62. The Kier molecular flexibility index (Phi) is 4.01. The van der Waals surface area contributed by atoms with E-state index in [4.69, 9.17) is 11.6 Å². The van der Waals surface area contributed by atoms with Gasteiger partial charge in [-0.2, -0.15) is 0 Å². The third-order valence-electron chi connectivity index (χ3n) is 2.22. The number of halogens is 3. The van der Waals surface area contributed by atoms with Gasteiger partial charge in [0.15, 0.2) is 0 Å². The zero-order chi connectivity index (χ0) is 12.4. The third kappa shape index (κ3) is 3.18. The van der Waals surface area contributed by atoms with Gasteiger partial charge in [0.05, 0.1) is 17.2 Å². The Morgan fingerprint density at radius 2 is 2.29 bits per heavy atom. The molecule has 0 unspecified atom stereocenters. The molecule has 90 valence electrons. The Morgan fingerprint density at radius 1 is 1.53 bits per heavy atom. The summed E-state index contributed by atoms with van der Waals surface area (Å²) in [5.41, 5.74) is 1.73. The molecule has 0 saturated heterocycles. The molecule has 0 aliphatic carbocycles. The number of aryl methyl sites for hydroxylation is 1. The molecule has 1 aromatic carbocycles. The van der Waals surface area contributed by atoms with Gasteiger partial charge in [0.2, 0.25) is 0 Å². The molecule has 2 rings (SSSR count). The monoisotopic (exact) mass is 334 g/mol. The first-order chi connectivity index (χ1) is 8.06. The number of hydrogen-bond acceptors (Lipinski definition) is 3. The lowest BCUT2D eigenvalue weighted by Gasteiger charge is -2.09. The van der Waals surface area contributed by atoms with Crippen molar-refractivity contribution >= 4 is 44.6 Å². The molecule has 2 aromatic rings. The fourth-order valence-corrected chi connectivity index (χ4v) is 2.62. The molecule has 0 aliphatic heterocycles. The lowest BCUT2D eigenvalue weighted by atomic mass is 10.2. The molecular formula is C11H9BrClFN2S. The van der Waals surface area contributed by atoms with Crippen LogP contribution < -0.4 is 5.32 Å². The molecule has 0 atom stereocenters. The predicted molar refractivity (Wildman–Crippen MR) is 73.3 cm³/mol. The first-order valence-electron chi connectivity index (χ1n) is 4.86. The van der Waals surface area contributed by atoms with Gasteiger partial charge in [-0.1, -0.05) is 11.6 Å².